The normalized spacial score (nSPS) is 12.7. The Morgan fingerprint density at radius 2 is 2.05 bits per heavy atom. The van der Waals surface area contributed by atoms with E-state index in [4.69, 9.17) is 0 Å². The molecule has 1 aromatic heterocycles. The molecule has 0 aliphatic heterocycles. The van der Waals surface area contributed by atoms with Crippen LogP contribution in [-0.2, 0) is 4.74 Å². The molecule has 0 unspecified atom stereocenters. The zero-order valence-corrected chi connectivity index (χ0v) is 12.1. The van der Waals surface area contributed by atoms with E-state index in [0.717, 1.165) is 0 Å². The highest BCUT2D eigenvalue weighted by Gasteiger charge is 2.26. The van der Waals surface area contributed by atoms with Crippen molar-refractivity contribution in [1.82, 2.24) is 10.3 Å². The number of carbonyl (C=O) groups is 2. The minimum Gasteiger partial charge on any atom is -0.465 e. The predicted octanol–water partition coefficient (Wildman–Crippen LogP) is 1.00. The summed E-state index contributed by atoms with van der Waals surface area (Å²) in [6, 6.07) is 2.54. The summed E-state index contributed by atoms with van der Waals surface area (Å²) in [5, 5.41) is 12.0. The van der Waals surface area contributed by atoms with Gasteiger partial charge in [-0.15, -0.1) is 0 Å². The quantitative estimate of drug-likeness (QED) is 0.803. The molecule has 0 spiro atoms. The molecule has 1 aromatic rings. The standard InChI is InChI=1S/C14H20N2O4/c1-14(2,3)11(8-17)16-12(18)10-6-5-9(7-15-10)13(19)20-4/h5-7,11,17H,8H2,1-4H3,(H,16,18)/t11-/m1/s1. The maximum Gasteiger partial charge on any atom is 0.339 e. The summed E-state index contributed by atoms with van der Waals surface area (Å²) in [5.74, 6) is -0.900. The molecular weight excluding hydrogens is 260 g/mol. The highest BCUT2D eigenvalue weighted by Crippen LogP contribution is 2.19. The number of esters is 1. The van der Waals surface area contributed by atoms with Crippen LogP contribution in [0.4, 0.5) is 0 Å². The predicted molar refractivity (Wildman–Crippen MR) is 73.4 cm³/mol. The van der Waals surface area contributed by atoms with Crippen LogP contribution in [0, 0.1) is 5.41 Å². The summed E-state index contributed by atoms with van der Waals surface area (Å²) in [7, 11) is 1.28. The van der Waals surface area contributed by atoms with E-state index in [1.165, 1.54) is 25.4 Å². The minimum absolute atomic E-state index is 0.157. The van der Waals surface area contributed by atoms with Crippen molar-refractivity contribution < 1.29 is 19.4 Å². The van der Waals surface area contributed by atoms with Crippen molar-refractivity contribution in [3.8, 4) is 0 Å². The van der Waals surface area contributed by atoms with Crippen molar-refractivity contribution in [3.63, 3.8) is 0 Å². The molecule has 0 radical (unpaired) electrons. The van der Waals surface area contributed by atoms with E-state index in [1.807, 2.05) is 20.8 Å². The first-order chi connectivity index (χ1) is 9.29. The molecule has 0 aliphatic rings. The van der Waals surface area contributed by atoms with Crippen molar-refractivity contribution in [1.29, 1.82) is 0 Å². The maximum atomic E-state index is 12.0. The van der Waals surface area contributed by atoms with E-state index < -0.39 is 11.9 Å². The van der Waals surface area contributed by atoms with Gasteiger partial charge in [-0.05, 0) is 17.5 Å². The molecule has 0 aromatic carbocycles. The third-order valence-electron chi connectivity index (χ3n) is 2.95. The molecule has 0 saturated heterocycles. The van der Waals surface area contributed by atoms with Gasteiger partial charge >= 0.3 is 5.97 Å². The summed E-state index contributed by atoms with van der Waals surface area (Å²) in [5.41, 5.74) is 0.190. The zero-order chi connectivity index (χ0) is 15.3. The maximum absolute atomic E-state index is 12.0. The number of nitrogens with one attached hydrogen (secondary N) is 1. The fourth-order valence-corrected chi connectivity index (χ4v) is 1.53. The molecule has 2 N–H and O–H groups in total. The van der Waals surface area contributed by atoms with Crippen LogP contribution in [0.15, 0.2) is 18.3 Å². The van der Waals surface area contributed by atoms with E-state index in [-0.39, 0.29) is 29.3 Å². The van der Waals surface area contributed by atoms with Gasteiger partial charge < -0.3 is 15.2 Å². The van der Waals surface area contributed by atoms with Crippen LogP contribution in [0.3, 0.4) is 0 Å². The summed E-state index contributed by atoms with van der Waals surface area (Å²) < 4.78 is 4.55. The molecule has 6 heteroatoms. The zero-order valence-electron chi connectivity index (χ0n) is 12.1. The second kappa shape index (κ2) is 6.47. The van der Waals surface area contributed by atoms with Crippen LogP contribution >= 0.6 is 0 Å². The first-order valence-electron chi connectivity index (χ1n) is 6.25. The summed E-state index contributed by atoms with van der Waals surface area (Å²) >= 11 is 0. The third-order valence-corrected chi connectivity index (χ3v) is 2.95. The molecule has 0 bridgehead atoms. The van der Waals surface area contributed by atoms with Crippen molar-refractivity contribution in [2.75, 3.05) is 13.7 Å². The van der Waals surface area contributed by atoms with Gasteiger partial charge in [0.1, 0.15) is 5.69 Å². The molecular formula is C14H20N2O4. The van der Waals surface area contributed by atoms with Crippen LogP contribution in [0.2, 0.25) is 0 Å². The minimum atomic E-state index is -0.507. The number of rotatable bonds is 4. The van der Waals surface area contributed by atoms with E-state index in [2.05, 4.69) is 15.0 Å². The molecule has 1 heterocycles. The highest BCUT2D eigenvalue weighted by atomic mass is 16.5. The van der Waals surface area contributed by atoms with Crippen molar-refractivity contribution in [3.05, 3.63) is 29.6 Å². The number of methoxy groups -OCH3 is 1. The van der Waals surface area contributed by atoms with Crippen molar-refractivity contribution in [2.24, 2.45) is 5.41 Å². The number of ether oxygens (including phenoxy) is 1. The number of aliphatic hydroxyl groups excluding tert-OH is 1. The lowest BCUT2D eigenvalue weighted by molar-refractivity contribution is 0.0599. The first kappa shape index (κ1) is 16.1. The van der Waals surface area contributed by atoms with E-state index in [9.17, 15) is 14.7 Å². The molecule has 1 amide bonds. The smallest absolute Gasteiger partial charge is 0.339 e. The van der Waals surface area contributed by atoms with Gasteiger partial charge in [0.15, 0.2) is 0 Å². The lowest BCUT2D eigenvalue weighted by Crippen LogP contribution is -2.46. The fourth-order valence-electron chi connectivity index (χ4n) is 1.53. The van der Waals surface area contributed by atoms with Gasteiger partial charge in [-0.1, -0.05) is 20.8 Å². The third kappa shape index (κ3) is 4.03. The number of nitrogens with zero attached hydrogens (tertiary/aromatic N) is 1. The van der Waals surface area contributed by atoms with Gasteiger partial charge in [-0.25, -0.2) is 4.79 Å². The van der Waals surface area contributed by atoms with Gasteiger partial charge in [-0.3, -0.25) is 9.78 Å². The Morgan fingerprint density at radius 3 is 2.45 bits per heavy atom. The van der Waals surface area contributed by atoms with Crippen LogP contribution in [0.1, 0.15) is 41.6 Å². The number of amides is 1. The van der Waals surface area contributed by atoms with E-state index in [0.29, 0.717) is 0 Å². The average molecular weight is 280 g/mol. The summed E-state index contributed by atoms with van der Waals surface area (Å²) in [6.07, 6.45) is 1.28. The Kier molecular flexibility index (Phi) is 5.21. The summed E-state index contributed by atoms with van der Waals surface area (Å²) in [4.78, 5) is 27.2. The lowest BCUT2D eigenvalue weighted by atomic mass is 9.87. The first-order valence-corrected chi connectivity index (χ1v) is 6.25. The van der Waals surface area contributed by atoms with Crippen molar-refractivity contribution in [2.45, 2.75) is 26.8 Å². The van der Waals surface area contributed by atoms with Crippen LogP contribution < -0.4 is 5.32 Å². The van der Waals surface area contributed by atoms with Crippen LogP contribution in [-0.4, -0.2) is 41.7 Å². The van der Waals surface area contributed by atoms with E-state index >= 15 is 0 Å². The summed E-state index contributed by atoms with van der Waals surface area (Å²) in [6.45, 7) is 5.60. The number of hydrogen-bond donors (Lipinski definition) is 2. The van der Waals surface area contributed by atoms with Crippen molar-refractivity contribution >= 4 is 11.9 Å². The number of carbonyl (C=O) groups excluding carboxylic acids is 2. The van der Waals surface area contributed by atoms with Gasteiger partial charge in [0.2, 0.25) is 0 Å². The Bertz CT molecular complexity index is 477. The van der Waals surface area contributed by atoms with Gasteiger partial charge in [-0.2, -0.15) is 0 Å². The monoisotopic (exact) mass is 280 g/mol. The Hall–Kier alpha value is -1.95. The topological polar surface area (TPSA) is 88.5 Å². The van der Waals surface area contributed by atoms with Crippen LogP contribution in [0.5, 0.6) is 0 Å². The number of pyridine rings is 1. The molecule has 0 saturated carbocycles. The molecule has 110 valence electrons. The van der Waals surface area contributed by atoms with Crippen LogP contribution in [0.25, 0.3) is 0 Å². The molecule has 20 heavy (non-hydrogen) atoms. The number of hydrogen-bond acceptors (Lipinski definition) is 5. The van der Waals surface area contributed by atoms with Gasteiger partial charge in [0.25, 0.3) is 5.91 Å². The molecule has 0 fully saturated rings. The largest absolute Gasteiger partial charge is 0.465 e. The average Bonchev–Trinajstić information content (AvgIpc) is 2.42. The highest BCUT2D eigenvalue weighted by molar-refractivity contribution is 5.94. The number of aromatic nitrogens is 1. The molecule has 6 nitrogen and oxygen atoms in total. The number of aliphatic hydroxyl groups is 1. The van der Waals surface area contributed by atoms with Gasteiger partial charge in [0, 0.05) is 6.20 Å². The molecule has 0 aliphatic carbocycles. The fraction of sp³-hybridized carbons (Fsp3) is 0.500. The Balaban J connectivity index is 2.80. The second-order valence-corrected chi connectivity index (χ2v) is 5.50. The Morgan fingerprint density at radius 1 is 1.40 bits per heavy atom. The SMILES string of the molecule is COC(=O)c1ccc(C(=O)N[C@H](CO)C(C)(C)C)nc1. The van der Waals surface area contributed by atoms with E-state index in [1.54, 1.807) is 0 Å². The Labute approximate surface area is 118 Å². The van der Waals surface area contributed by atoms with Gasteiger partial charge in [0.05, 0.1) is 25.3 Å². The second-order valence-electron chi connectivity index (χ2n) is 5.50. The molecule has 1 atom stereocenters. The lowest BCUT2D eigenvalue weighted by Gasteiger charge is -2.29. The molecule has 1 rings (SSSR count).